The summed E-state index contributed by atoms with van der Waals surface area (Å²) in [5.41, 5.74) is 0.505. The van der Waals surface area contributed by atoms with Crippen molar-refractivity contribution in [1.82, 2.24) is 10.2 Å². The second-order valence-corrected chi connectivity index (χ2v) is 11.2. The molecule has 0 bridgehead atoms. The fourth-order valence-corrected chi connectivity index (χ4v) is 6.37. The van der Waals surface area contributed by atoms with E-state index >= 15 is 4.39 Å². The van der Waals surface area contributed by atoms with Crippen LogP contribution in [0.25, 0.3) is 0 Å². The Kier molecular flexibility index (Phi) is 8.61. The van der Waals surface area contributed by atoms with Crippen molar-refractivity contribution in [3.8, 4) is 0 Å². The highest BCUT2D eigenvalue weighted by molar-refractivity contribution is 5.98. The van der Waals surface area contributed by atoms with E-state index in [9.17, 15) is 14.4 Å². The van der Waals surface area contributed by atoms with Gasteiger partial charge in [0.1, 0.15) is 5.82 Å². The van der Waals surface area contributed by atoms with Crippen molar-refractivity contribution >= 4 is 17.6 Å². The van der Waals surface area contributed by atoms with Crippen LogP contribution >= 0.6 is 0 Å². The zero-order chi connectivity index (χ0) is 24.9. The third-order valence-electron chi connectivity index (χ3n) is 8.43. The highest BCUT2D eigenvalue weighted by Crippen LogP contribution is 2.34. The molecule has 1 N–H and O–H groups in total. The number of nitrogens with zero attached hydrogens (tertiary/aromatic N) is 1. The fourth-order valence-electron chi connectivity index (χ4n) is 6.37. The summed E-state index contributed by atoms with van der Waals surface area (Å²) < 4.78 is 15.7. The van der Waals surface area contributed by atoms with Crippen LogP contribution in [0.5, 0.6) is 0 Å². The lowest BCUT2D eigenvalue weighted by Crippen LogP contribution is -2.48. The van der Waals surface area contributed by atoms with Gasteiger partial charge in [-0.2, -0.15) is 0 Å². The summed E-state index contributed by atoms with van der Waals surface area (Å²) in [4.78, 5) is 41.1. The first-order chi connectivity index (χ1) is 16.9. The van der Waals surface area contributed by atoms with E-state index in [4.69, 9.17) is 0 Å². The number of carbonyl (C=O) groups is 3. The summed E-state index contributed by atoms with van der Waals surface area (Å²) in [5.74, 6) is -0.863. The molecule has 1 aromatic rings. The van der Waals surface area contributed by atoms with Crippen LogP contribution in [0.2, 0.25) is 0 Å². The zero-order valence-corrected chi connectivity index (χ0v) is 21.4. The van der Waals surface area contributed by atoms with Gasteiger partial charge >= 0.3 is 0 Å². The first kappa shape index (κ1) is 25.8. The Bertz CT molecular complexity index is 925. The van der Waals surface area contributed by atoms with E-state index in [1.54, 1.807) is 12.1 Å². The normalized spacial score (nSPS) is 22.9. The Balaban J connectivity index is 0.00000361. The van der Waals surface area contributed by atoms with Crippen LogP contribution in [0, 0.1) is 23.6 Å². The van der Waals surface area contributed by atoms with Gasteiger partial charge in [-0.25, -0.2) is 4.39 Å². The van der Waals surface area contributed by atoms with E-state index in [-0.39, 0.29) is 42.4 Å². The number of amides is 2. The molecule has 35 heavy (non-hydrogen) atoms. The monoisotopic (exact) mass is 486 g/mol. The molecule has 1 aromatic carbocycles. The number of hydrogen-bond donors (Lipinski definition) is 1. The molecule has 6 heteroatoms. The standard InChI is InChI=1S/C29H41FN2O3.H2/c1-19(2)27(33)26(20-10-4-3-5-11-20)31-28(34)24-16-8-15-23(25(24)30)22-14-9-17-32(18-22)29(35)21-12-6-7-13-21;/h8,15-16,19-22,26H,3-7,9-14,17-18H2,1-2H3,(H,31,34);1H/t22?,26-;/m1./s1. The molecular formula is C29H43FN2O3. The van der Waals surface area contributed by atoms with Crippen LogP contribution in [0.3, 0.4) is 0 Å². The first-order valence-corrected chi connectivity index (χ1v) is 13.8. The van der Waals surface area contributed by atoms with E-state index < -0.39 is 17.8 Å². The van der Waals surface area contributed by atoms with Crippen LogP contribution in [-0.2, 0) is 9.59 Å². The van der Waals surface area contributed by atoms with E-state index in [0.717, 1.165) is 77.2 Å². The van der Waals surface area contributed by atoms with Gasteiger partial charge in [-0.3, -0.25) is 14.4 Å². The van der Waals surface area contributed by atoms with Crippen molar-refractivity contribution in [2.24, 2.45) is 17.8 Å². The van der Waals surface area contributed by atoms with Gasteiger partial charge < -0.3 is 10.2 Å². The molecule has 194 valence electrons. The maximum atomic E-state index is 15.7. The van der Waals surface area contributed by atoms with E-state index in [1.165, 1.54) is 6.07 Å². The number of Topliss-reactive ketones (excluding diaryl/α,β-unsaturated/α-hetero) is 1. The molecule has 3 aliphatic rings. The largest absolute Gasteiger partial charge is 0.342 e. The van der Waals surface area contributed by atoms with E-state index in [0.29, 0.717) is 12.1 Å². The molecular weight excluding hydrogens is 443 g/mol. The lowest BCUT2D eigenvalue weighted by Gasteiger charge is -2.35. The van der Waals surface area contributed by atoms with Gasteiger partial charge in [0.25, 0.3) is 5.91 Å². The molecule has 0 aromatic heterocycles. The van der Waals surface area contributed by atoms with Gasteiger partial charge in [0.2, 0.25) is 5.91 Å². The summed E-state index contributed by atoms with van der Waals surface area (Å²) in [7, 11) is 0. The second-order valence-electron chi connectivity index (χ2n) is 11.2. The number of likely N-dealkylation sites (tertiary alicyclic amines) is 1. The van der Waals surface area contributed by atoms with Crippen molar-refractivity contribution in [3.05, 3.63) is 35.1 Å². The summed E-state index contributed by atoms with van der Waals surface area (Å²) in [6.07, 6.45) is 10.9. The minimum absolute atomic E-state index is 0. The summed E-state index contributed by atoms with van der Waals surface area (Å²) in [6.45, 7) is 4.95. The van der Waals surface area contributed by atoms with Crippen LogP contribution in [0.4, 0.5) is 4.39 Å². The van der Waals surface area contributed by atoms with Gasteiger partial charge in [-0.1, -0.05) is 58.1 Å². The zero-order valence-electron chi connectivity index (χ0n) is 21.4. The Morgan fingerprint density at radius 2 is 1.66 bits per heavy atom. The summed E-state index contributed by atoms with van der Waals surface area (Å²) in [6, 6.07) is 4.42. The minimum Gasteiger partial charge on any atom is -0.342 e. The van der Waals surface area contributed by atoms with Gasteiger partial charge in [-0.15, -0.1) is 0 Å². The topological polar surface area (TPSA) is 66.5 Å². The fraction of sp³-hybridized carbons (Fsp3) is 0.690. The second kappa shape index (κ2) is 11.7. The SMILES string of the molecule is CC(C)C(=O)[C@H](NC(=O)c1cccc(C2CCCN(C(=O)C3CCCC3)C2)c1F)C1CCCCC1.[HH]. The Morgan fingerprint density at radius 3 is 2.34 bits per heavy atom. The maximum absolute atomic E-state index is 15.7. The van der Waals surface area contributed by atoms with Crippen LogP contribution < -0.4 is 5.32 Å². The molecule has 0 radical (unpaired) electrons. The number of piperidine rings is 1. The molecule has 1 heterocycles. The third kappa shape index (κ3) is 5.95. The number of nitrogens with one attached hydrogen (secondary N) is 1. The molecule has 0 spiro atoms. The van der Waals surface area contributed by atoms with Gasteiger partial charge in [0, 0.05) is 32.3 Å². The van der Waals surface area contributed by atoms with Crippen molar-refractivity contribution in [1.29, 1.82) is 0 Å². The predicted octanol–water partition coefficient (Wildman–Crippen LogP) is 5.87. The summed E-state index contributed by atoms with van der Waals surface area (Å²) in [5, 5.41) is 2.93. The molecule has 1 unspecified atom stereocenters. The lowest BCUT2D eigenvalue weighted by atomic mass is 9.80. The number of ketones is 1. The van der Waals surface area contributed by atoms with Crippen molar-refractivity contribution < 1.29 is 20.2 Å². The van der Waals surface area contributed by atoms with Gasteiger partial charge in [-0.05, 0) is 56.1 Å². The number of hydrogen-bond acceptors (Lipinski definition) is 3. The van der Waals surface area contributed by atoms with E-state index in [2.05, 4.69) is 5.32 Å². The molecule has 2 amide bonds. The molecule has 2 saturated carbocycles. The average molecular weight is 487 g/mol. The molecule has 1 aliphatic heterocycles. The van der Waals surface area contributed by atoms with Crippen molar-refractivity contribution in [2.75, 3.05) is 13.1 Å². The molecule has 4 rings (SSSR count). The van der Waals surface area contributed by atoms with Crippen molar-refractivity contribution in [2.45, 2.75) is 96.4 Å². The van der Waals surface area contributed by atoms with E-state index in [1.807, 2.05) is 18.7 Å². The average Bonchev–Trinajstić information content (AvgIpc) is 3.42. The minimum atomic E-state index is -0.569. The molecule has 2 aliphatic carbocycles. The highest BCUT2D eigenvalue weighted by Gasteiger charge is 2.35. The quantitative estimate of drug-likeness (QED) is 0.524. The number of rotatable bonds is 7. The van der Waals surface area contributed by atoms with Crippen LogP contribution in [0.1, 0.15) is 108 Å². The van der Waals surface area contributed by atoms with Gasteiger partial charge in [0.15, 0.2) is 5.78 Å². The molecule has 3 fully saturated rings. The first-order valence-electron chi connectivity index (χ1n) is 13.8. The molecule has 1 saturated heterocycles. The number of halogens is 1. The van der Waals surface area contributed by atoms with Crippen molar-refractivity contribution in [3.63, 3.8) is 0 Å². The lowest BCUT2D eigenvalue weighted by molar-refractivity contribution is -0.136. The molecule has 2 atom stereocenters. The van der Waals surface area contributed by atoms with Crippen LogP contribution in [-0.4, -0.2) is 41.6 Å². The number of carbonyl (C=O) groups excluding carboxylic acids is 3. The highest BCUT2D eigenvalue weighted by atomic mass is 19.1. The number of benzene rings is 1. The van der Waals surface area contributed by atoms with Crippen LogP contribution in [0.15, 0.2) is 18.2 Å². The summed E-state index contributed by atoms with van der Waals surface area (Å²) >= 11 is 0. The van der Waals surface area contributed by atoms with Gasteiger partial charge in [0.05, 0.1) is 11.6 Å². The third-order valence-corrected chi connectivity index (χ3v) is 8.43. The Morgan fingerprint density at radius 1 is 0.971 bits per heavy atom. The maximum Gasteiger partial charge on any atom is 0.254 e. The predicted molar refractivity (Wildman–Crippen MR) is 137 cm³/mol. The smallest absolute Gasteiger partial charge is 0.254 e. The Hall–Kier alpha value is -2.24. The molecule has 5 nitrogen and oxygen atoms in total. The Labute approximate surface area is 210 Å².